The highest BCUT2D eigenvalue weighted by Gasteiger charge is 2.11. The van der Waals surface area contributed by atoms with Gasteiger partial charge in [0.05, 0.1) is 0 Å². The SMILES string of the molecule is Cc1cc(C)c(CC(=O)c2ccc(N(C)C)cc2)c(C)c1. The summed E-state index contributed by atoms with van der Waals surface area (Å²) in [6.07, 6.45) is 0.471. The van der Waals surface area contributed by atoms with Gasteiger partial charge in [0.15, 0.2) is 5.78 Å². The van der Waals surface area contributed by atoms with E-state index in [2.05, 4.69) is 32.9 Å². The molecule has 0 atom stereocenters. The van der Waals surface area contributed by atoms with Crippen LogP contribution in [0.1, 0.15) is 32.6 Å². The van der Waals surface area contributed by atoms with Gasteiger partial charge in [0.1, 0.15) is 0 Å². The Morgan fingerprint density at radius 2 is 1.48 bits per heavy atom. The maximum atomic E-state index is 12.5. The maximum Gasteiger partial charge on any atom is 0.167 e. The zero-order chi connectivity index (χ0) is 15.6. The zero-order valence-corrected chi connectivity index (χ0v) is 13.5. The van der Waals surface area contributed by atoms with E-state index < -0.39 is 0 Å². The summed E-state index contributed by atoms with van der Waals surface area (Å²) in [6.45, 7) is 6.25. The van der Waals surface area contributed by atoms with Gasteiger partial charge in [-0.25, -0.2) is 0 Å². The van der Waals surface area contributed by atoms with E-state index in [0.717, 1.165) is 16.8 Å². The second-order valence-electron chi connectivity index (χ2n) is 5.92. The standard InChI is InChI=1S/C19H23NO/c1-13-10-14(2)18(15(3)11-13)12-19(21)16-6-8-17(9-7-16)20(4)5/h6-11H,12H2,1-5H3. The topological polar surface area (TPSA) is 20.3 Å². The van der Waals surface area contributed by atoms with Crippen molar-refractivity contribution in [1.29, 1.82) is 0 Å². The number of nitrogens with zero attached hydrogens (tertiary/aromatic N) is 1. The molecule has 110 valence electrons. The van der Waals surface area contributed by atoms with Crippen LogP contribution in [0.4, 0.5) is 5.69 Å². The average molecular weight is 281 g/mol. The first kappa shape index (κ1) is 15.3. The number of hydrogen-bond acceptors (Lipinski definition) is 2. The molecule has 0 bridgehead atoms. The van der Waals surface area contributed by atoms with E-state index >= 15 is 0 Å². The summed E-state index contributed by atoms with van der Waals surface area (Å²) in [5, 5.41) is 0. The fourth-order valence-corrected chi connectivity index (χ4v) is 2.70. The molecule has 0 saturated heterocycles. The average Bonchev–Trinajstić information content (AvgIpc) is 2.42. The van der Waals surface area contributed by atoms with Gasteiger partial charge in [-0.1, -0.05) is 17.7 Å². The Hall–Kier alpha value is -2.09. The van der Waals surface area contributed by atoms with Crippen molar-refractivity contribution in [3.63, 3.8) is 0 Å². The van der Waals surface area contributed by atoms with Crippen LogP contribution in [0.5, 0.6) is 0 Å². The number of Topliss-reactive ketones (excluding diaryl/α,β-unsaturated/α-hetero) is 1. The van der Waals surface area contributed by atoms with Crippen molar-refractivity contribution in [2.45, 2.75) is 27.2 Å². The van der Waals surface area contributed by atoms with Crippen LogP contribution in [0.25, 0.3) is 0 Å². The van der Waals surface area contributed by atoms with Crippen LogP contribution in [0.3, 0.4) is 0 Å². The molecule has 2 nitrogen and oxygen atoms in total. The van der Waals surface area contributed by atoms with Crippen molar-refractivity contribution in [2.24, 2.45) is 0 Å². The molecular formula is C19H23NO. The molecule has 0 heterocycles. The van der Waals surface area contributed by atoms with E-state index in [1.807, 2.05) is 43.3 Å². The van der Waals surface area contributed by atoms with E-state index in [-0.39, 0.29) is 5.78 Å². The number of carbonyl (C=O) groups excluding carboxylic acids is 1. The van der Waals surface area contributed by atoms with Crippen molar-refractivity contribution in [3.05, 3.63) is 64.2 Å². The monoisotopic (exact) mass is 281 g/mol. The van der Waals surface area contributed by atoms with Crippen LogP contribution in [-0.4, -0.2) is 19.9 Å². The highest BCUT2D eigenvalue weighted by atomic mass is 16.1. The molecule has 0 spiro atoms. The quantitative estimate of drug-likeness (QED) is 0.786. The number of ketones is 1. The van der Waals surface area contributed by atoms with Gasteiger partial charge in [0.2, 0.25) is 0 Å². The van der Waals surface area contributed by atoms with E-state index in [0.29, 0.717) is 6.42 Å². The summed E-state index contributed by atoms with van der Waals surface area (Å²) in [7, 11) is 3.99. The molecule has 0 aliphatic rings. The van der Waals surface area contributed by atoms with Crippen LogP contribution in [0.15, 0.2) is 36.4 Å². The van der Waals surface area contributed by atoms with E-state index in [1.165, 1.54) is 16.7 Å². The second-order valence-corrected chi connectivity index (χ2v) is 5.92. The van der Waals surface area contributed by atoms with Crippen LogP contribution in [0.2, 0.25) is 0 Å². The van der Waals surface area contributed by atoms with Gasteiger partial charge in [0.25, 0.3) is 0 Å². The molecule has 0 radical (unpaired) electrons. The molecule has 21 heavy (non-hydrogen) atoms. The molecule has 2 aromatic rings. The Bertz CT molecular complexity index is 631. The third kappa shape index (κ3) is 3.52. The normalized spacial score (nSPS) is 10.5. The van der Waals surface area contributed by atoms with Crippen molar-refractivity contribution < 1.29 is 4.79 Å². The fourth-order valence-electron chi connectivity index (χ4n) is 2.70. The van der Waals surface area contributed by atoms with Crippen molar-refractivity contribution >= 4 is 11.5 Å². The molecular weight excluding hydrogens is 258 g/mol. The van der Waals surface area contributed by atoms with E-state index in [4.69, 9.17) is 0 Å². The Kier molecular flexibility index (Phi) is 4.46. The molecule has 0 aliphatic carbocycles. The molecule has 0 fully saturated rings. The number of rotatable bonds is 4. The van der Waals surface area contributed by atoms with Crippen LogP contribution in [0, 0.1) is 20.8 Å². The molecule has 0 N–H and O–H groups in total. The summed E-state index contributed by atoms with van der Waals surface area (Å²) in [4.78, 5) is 14.5. The number of hydrogen-bond donors (Lipinski definition) is 0. The minimum atomic E-state index is 0.176. The molecule has 2 aromatic carbocycles. The smallest absolute Gasteiger partial charge is 0.167 e. The maximum absolute atomic E-state index is 12.5. The molecule has 0 aliphatic heterocycles. The van der Waals surface area contributed by atoms with E-state index in [9.17, 15) is 4.79 Å². The number of carbonyl (C=O) groups is 1. The van der Waals surface area contributed by atoms with Gasteiger partial charge in [0, 0.05) is 31.8 Å². The largest absolute Gasteiger partial charge is 0.378 e. The number of aryl methyl sites for hydroxylation is 3. The molecule has 0 aromatic heterocycles. The van der Waals surface area contributed by atoms with Crippen LogP contribution >= 0.6 is 0 Å². The Labute approximate surface area is 127 Å². The van der Waals surface area contributed by atoms with Gasteiger partial charge in [-0.15, -0.1) is 0 Å². The van der Waals surface area contributed by atoms with Crippen molar-refractivity contribution in [2.75, 3.05) is 19.0 Å². The first-order valence-electron chi connectivity index (χ1n) is 7.26. The van der Waals surface area contributed by atoms with Crippen molar-refractivity contribution in [1.82, 2.24) is 0 Å². The van der Waals surface area contributed by atoms with Gasteiger partial charge in [-0.05, 0) is 61.7 Å². The lowest BCUT2D eigenvalue weighted by Crippen LogP contribution is -2.10. The third-order valence-electron chi connectivity index (χ3n) is 3.88. The molecule has 0 saturated carbocycles. The molecule has 0 unspecified atom stereocenters. The lowest BCUT2D eigenvalue weighted by atomic mass is 9.94. The summed E-state index contributed by atoms with van der Waals surface area (Å²) in [6, 6.07) is 12.1. The first-order valence-corrected chi connectivity index (χ1v) is 7.26. The minimum absolute atomic E-state index is 0.176. The lowest BCUT2D eigenvalue weighted by Gasteiger charge is -2.13. The molecule has 2 heteroatoms. The Balaban J connectivity index is 2.22. The van der Waals surface area contributed by atoms with E-state index in [1.54, 1.807) is 0 Å². The summed E-state index contributed by atoms with van der Waals surface area (Å²) >= 11 is 0. The summed E-state index contributed by atoms with van der Waals surface area (Å²) in [5.41, 5.74) is 6.68. The number of benzene rings is 2. The summed E-state index contributed by atoms with van der Waals surface area (Å²) in [5.74, 6) is 0.176. The molecule has 2 rings (SSSR count). The molecule has 0 amide bonds. The third-order valence-corrected chi connectivity index (χ3v) is 3.88. The van der Waals surface area contributed by atoms with Crippen LogP contribution < -0.4 is 4.90 Å². The Morgan fingerprint density at radius 1 is 0.952 bits per heavy atom. The van der Waals surface area contributed by atoms with Gasteiger partial charge >= 0.3 is 0 Å². The summed E-state index contributed by atoms with van der Waals surface area (Å²) < 4.78 is 0. The highest BCUT2D eigenvalue weighted by molar-refractivity contribution is 5.98. The van der Waals surface area contributed by atoms with Gasteiger partial charge < -0.3 is 4.90 Å². The second kappa shape index (κ2) is 6.13. The Morgan fingerprint density at radius 3 is 1.95 bits per heavy atom. The first-order chi connectivity index (χ1) is 9.88. The number of anilines is 1. The van der Waals surface area contributed by atoms with Crippen molar-refractivity contribution in [3.8, 4) is 0 Å². The van der Waals surface area contributed by atoms with Crippen LogP contribution in [-0.2, 0) is 6.42 Å². The van der Waals surface area contributed by atoms with Gasteiger partial charge in [-0.2, -0.15) is 0 Å². The predicted molar refractivity (Wildman–Crippen MR) is 89.5 cm³/mol. The van der Waals surface area contributed by atoms with Gasteiger partial charge in [-0.3, -0.25) is 4.79 Å². The highest BCUT2D eigenvalue weighted by Crippen LogP contribution is 2.20. The zero-order valence-electron chi connectivity index (χ0n) is 13.5. The lowest BCUT2D eigenvalue weighted by molar-refractivity contribution is 0.0992. The fraction of sp³-hybridized carbons (Fsp3) is 0.316. The minimum Gasteiger partial charge on any atom is -0.378 e. The predicted octanol–water partition coefficient (Wildman–Crippen LogP) is 4.10.